The highest BCUT2D eigenvalue weighted by atomic mass is 16.5. The molecule has 104 valence electrons. The zero-order chi connectivity index (χ0) is 13.4. The number of hydrogen-bond donors (Lipinski definition) is 0. The molecular formula is C12H22N2O4. The third-order valence-corrected chi connectivity index (χ3v) is 3.03. The molecule has 1 amide bonds. The summed E-state index contributed by atoms with van der Waals surface area (Å²) >= 11 is 0. The van der Waals surface area contributed by atoms with Gasteiger partial charge in [-0.05, 0) is 6.54 Å². The second-order valence-electron chi connectivity index (χ2n) is 4.19. The van der Waals surface area contributed by atoms with Crippen molar-refractivity contribution in [1.82, 2.24) is 9.80 Å². The Morgan fingerprint density at radius 2 is 2.00 bits per heavy atom. The lowest BCUT2D eigenvalue weighted by atomic mass is 10.3. The standard InChI is InChI=1S/C12H22N2O4/c1-3-13(5-4-12(16)17-2)10-11(15)14-6-8-18-9-7-14/h3-10H2,1-2H3. The maximum Gasteiger partial charge on any atom is 0.306 e. The molecule has 0 aromatic rings. The van der Waals surface area contributed by atoms with Crippen molar-refractivity contribution in [3.63, 3.8) is 0 Å². The predicted molar refractivity (Wildman–Crippen MR) is 66.1 cm³/mol. The first-order chi connectivity index (χ1) is 8.67. The molecule has 0 bridgehead atoms. The van der Waals surface area contributed by atoms with Crippen LogP contribution >= 0.6 is 0 Å². The minimum absolute atomic E-state index is 0.102. The molecular weight excluding hydrogens is 236 g/mol. The topological polar surface area (TPSA) is 59.1 Å². The first-order valence-corrected chi connectivity index (χ1v) is 6.32. The Bertz CT molecular complexity index is 277. The van der Waals surface area contributed by atoms with Gasteiger partial charge in [-0.25, -0.2) is 0 Å². The van der Waals surface area contributed by atoms with Gasteiger partial charge in [-0.3, -0.25) is 14.5 Å². The number of ether oxygens (including phenoxy) is 2. The summed E-state index contributed by atoms with van der Waals surface area (Å²) in [5.74, 6) is -0.141. The number of esters is 1. The second-order valence-corrected chi connectivity index (χ2v) is 4.19. The Labute approximate surface area is 108 Å². The number of amides is 1. The fraction of sp³-hybridized carbons (Fsp3) is 0.833. The van der Waals surface area contributed by atoms with Crippen LogP contribution in [0.3, 0.4) is 0 Å². The Hall–Kier alpha value is -1.14. The molecule has 0 radical (unpaired) electrons. The van der Waals surface area contributed by atoms with Crippen LogP contribution in [0.1, 0.15) is 13.3 Å². The van der Waals surface area contributed by atoms with E-state index in [1.807, 2.05) is 16.7 Å². The summed E-state index contributed by atoms with van der Waals surface area (Å²) in [6.07, 6.45) is 0.320. The molecule has 0 saturated carbocycles. The maximum absolute atomic E-state index is 12.0. The van der Waals surface area contributed by atoms with Gasteiger partial charge in [0.25, 0.3) is 0 Å². The molecule has 6 nitrogen and oxygen atoms in total. The molecule has 1 rings (SSSR count). The Morgan fingerprint density at radius 3 is 2.56 bits per heavy atom. The summed E-state index contributed by atoms with van der Waals surface area (Å²) in [5, 5.41) is 0. The van der Waals surface area contributed by atoms with Crippen molar-refractivity contribution in [1.29, 1.82) is 0 Å². The van der Waals surface area contributed by atoms with Crippen molar-refractivity contribution in [2.75, 3.05) is 53.0 Å². The lowest BCUT2D eigenvalue weighted by Gasteiger charge is -2.29. The first kappa shape index (κ1) is 14.9. The van der Waals surface area contributed by atoms with Crippen molar-refractivity contribution in [3.05, 3.63) is 0 Å². The predicted octanol–water partition coefficient (Wildman–Crippen LogP) is -0.270. The van der Waals surface area contributed by atoms with Gasteiger partial charge in [0.05, 0.1) is 33.3 Å². The van der Waals surface area contributed by atoms with E-state index in [1.165, 1.54) is 7.11 Å². The van der Waals surface area contributed by atoms with E-state index in [1.54, 1.807) is 0 Å². The molecule has 0 aliphatic carbocycles. The summed E-state index contributed by atoms with van der Waals surface area (Å²) in [4.78, 5) is 26.8. The van der Waals surface area contributed by atoms with Gasteiger partial charge in [0.2, 0.25) is 5.91 Å². The van der Waals surface area contributed by atoms with Crippen molar-refractivity contribution in [3.8, 4) is 0 Å². The monoisotopic (exact) mass is 258 g/mol. The van der Waals surface area contributed by atoms with Gasteiger partial charge < -0.3 is 14.4 Å². The van der Waals surface area contributed by atoms with Gasteiger partial charge in [-0.2, -0.15) is 0 Å². The quantitative estimate of drug-likeness (QED) is 0.614. The molecule has 1 aliphatic rings. The molecule has 1 saturated heterocycles. The highest BCUT2D eigenvalue weighted by molar-refractivity contribution is 5.78. The number of carbonyl (C=O) groups is 2. The van der Waals surface area contributed by atoms with Crippen molar-refractivity contribution < 1.29 is 19.1 Å². The van der Waals surface area contributed by atoms with E-state index in [-0.39, 0.29) is 11.9 Å². The number of likely N-dealkylation sites (N-methyl/N-ethyl adjacent to an activating group) is 1. The van der Waals surface area contributed by atoms with Crippen molar-refractivity contribution >= 4 is 11.9 Å². The molecule has 1 heterocycles. The van der Waals surface area contributed by atoms with E-state index in [4.69, 9.17) is 4.74 Å². The number of hydrogen-bond acceptors (Lipinski definition) is 5. The van der Waals surface area contributed by atoms with Gasteiger partial charge in [0, 0.05) is 19.6 Å². The number of methoxy groups -OCH3 is 1. The second kappa shape index (κ2) is 8.05. The molecule has 0 atom stereocenters. The maximum atomic E-state index is 12.0. The van der Waals surface area contributed by atoms with Crippen LogP contribution in [-0.4, -0.2) is 74.7 Å². The SMILES string of the molecule is CCN(CCC(=O)OC)CC(=O)N1CCOCC1. The smallest absolute Gasteiger partial charge is 0.306 e. The van der Waals surface area contributed by atoms with Crippen LogP contribution < -0.4 is 0 Å². The van der Waals surface area contributed by atoms with Gasteiger partial charge in [0.15, 0.2) is 0 Å². The molecule has 18 heavy (non-hydrogen) atoms. The number of nitrogens with zero attached hydrogens (tertiary/aromatic N) is 2. The van der Waals surface area contributed by atoms with Crippen molar-refractivity contribution in [2.24, 2.45) is 0 Å². The molecule has 0 spiro atoms. The average Bonchev–Trinajstić information content (AvgIpc) is 2.43. The summed E-state index contributed by atoms with van der Waals surface area (Å²) in [6, 6.07) is 0. The lowest BCUT2D eigenvalue weighted by Crippen LogP contribution is -2.46. The van der Waals surface area contributed by atoms with E-state index in [0.717, 1.165) is 6.54 Å². The Kier molecular flexibility index (Phi) is 6.67. The van der Waals surface area contributed by atoms with E-state index in [9.17, 15) is 9.59 Å². The summed E-state index contributed by atoms with van der Waals surface area (Å²) < 4.78 is 9.79. The zero-order valence-electron chi connectivity index (χ0n) is 11.2. The number of carbonyl (C=O) groups excluding carboxylic acids is 2. The van der Waals surface area contributed by atoms with Gasteiger partial charge in [-0.1, -0.05) is 6.92 Å². The summed E-state index contributed by atoms with van der Waals surface area (Å²) in [7, 11) is 1.37. The molecule has 0 aromatic heterocycles. The molecule has 1 fully saturated rings. The first-order valence-electron chi connectivity index (χ1n) is 6.32. The van der Waals surface area contributed by atoms with E-state index in [2.05, 4.69) is 4.74 Å². The van der Waals surface area contributed by atoms with Gasteiger partial charge >= 0.3 is 5.97 Å². The lowest BCUT2D eigenvalue weighted by molar-refractivity contribution is -0.142. The van der Waals surface area contributed by atoms with Crippen LogP contribution in [0.15, 0.2) is 0 Å². The number of morpholine rings is 1. The Morgan fingerprint density at radius 1 is 1.33 bits per heavy atom. The largest absolute Gasteiger partial charge is 0.469 e. The Balaban J connectivity index is 2.32. The fourth-order valence-corrected chi connectivity index (χ4v) is 1.80. The zero-order valence-corrected chi connectivity index (χ0v) is 11.2. The molecule has 1 aliphatic heterocycles. The van der Waals surface area contributed by atoms with Crippen molar-refractivity contribution in [2.45, 2.75) is 13.3 Å². The van der Waals surface area contributed by atoms with Gasteiger partial charge in [-0.15, -0.1) is 0 Å². The third kappa shape index (κ3) is 5.01. The number of rotatable bonds is 6. The van der Waals surface area contributed by atoms with E-state index < -0.39 is 0 Å². The van der Waals surface area contributed by atoms with E-state index >= 15 is 0 Å². The fourth-order valence-electron chi connectivity index (χ4n) is 1.80. The summed E-state index contributed by atoms with van der Waals surface area (Å²) in [5.41, 5.74) is 0. The highest BCUT2D eigenvalue weighted by Crippen LogP contribution is 2.00. The van der Waals surface area contributed by atoms with Crippen LogP contribution in [-0.2, 0) is 19.1 Å². The van der Waals surface area contributed by atoms with Gasteiger partial charge in [0.1, 0.15) is 0 Å². The van der Waals surface area contributed by atoms with Crippen LogP contribution in [0, 0.1) is 0 Å². The van der Waals surface area contributed by atoms with E-state index in [0.29, 0.717) is 45.8 Å². The summed E-state index contributed by atoms with van der Waals surface area (Å²) in [6.45, 7) is 6.17. The average molecular weight is 258 g/mol. The minimum atomic E-state index is -0.243. The van der Waals surface area contributed by atoms with Crippen LogP contribution in [0.2, 0.25) is 0 Å². The van der Waals surface area contributed by atoms with Crippen LogP contribution in [0.4, 0.5) is 0 Å². The molecule has 6 heteroatoms. The minimum Gasteiger partial charge on any atom is -0.469 e. The molecule has 0 unspecified atom stereocenters. The highest BCUT2D eigenvalue weighted by Gasteiger charge is 2.19. The third-order valence-electron chi connectivity index (χ3n) is 3.03. The van der Waals surface area contributed by atoms with Crippen LogP contribution in [0.25, 0.3) is 0 Å². The van der Waals surface area contributed by atoms with Crippen LogP contribution in [0.5, 0.6) is 0 Å². The molecule has 0 aromatic carbocycles. The normalized spacial score (nSPS) is 15.8. The molecule has 0 N–H and O–H groups in total.